The first kappa shape index (κ1) is 18.2. The van der Waals surface area contributed by atoms with E-state index in [0.29, 0.717) is 18.3 Å². The van der Waals surface area contributed by atoms with E-state index in [1.54, 1.807) is 11.8 Å². The van der Waals surface area contributed by atoms with Crippen LogP contribution in [-0.4, -0.2) is 40.3 Å². The third kappa shape index (κ3) is 4.53. The van der Waals surface area contributed by atoms with Crippen LogP contribution in [0.1, 0.15) is 50.7 Å². The molecular weight excluding hydrogens is 332 g/mol. The van der Waals surface area contributed by atoms with Crippen molar-refractivity contribution in [3.05, 3.63) is 36.0 Å². The van der Waals surface area contributed by atoms with Crippen molar-refractivity contribution in [3.8, 4) is 5.75 Å². The lowest BCUT2D eigenvalue weighted by molar-refractivity contribution is 0.184. The molecular formula is C19H26N4O3. The van der Waals surface area contributed by atoms with Gasteiger partial charge in [-0.2, -0.15) is 4.98 Å². The smallest absolute Gasteiger partial charge is 0.321 e. The highest BCUT2D eigenvalue weighted by Crippen LogP contribution is 2.26. The van der Waals surface area contributed by atoms with Crippen LogP contribution in [-0.2, 0) is 0 Å². The highest BCUT2D eigenvalue weighted by atomic mass is 16.5. The molecule has 0 bridgehead atoms. The number of hydrogen-bond acceptors (Lipinski definition) is 5. The van der Waals surface area contributed by atoms with Crippen LogP contribution in [0.5, 0.6) is 5.75 Å². The molecule has 1 aliphatic heterocycles. The van der Waals surface area contributed by atoms with E-state index in [1.807, 2.05) is 31.2 Å². The number of carbonyl (C=O) groups excluding carboxylic acids is 1. The number of aryl methyl sites for hydroxylation is 1. The van der Waals surface area contributed by atoms with Crippen molar-refractivity contribution < 1.29 is 14.1 Å². The van der Waals surface area contributed by atoms with Gasteiger partial charge in [-0.05, 0) is 57.4 Å². The summed E-state index contributed by atoms with van der Waals surface area (Å²) in [5.74, 6) is 2.15. The number of ether oxygens (including phenoxy) is 1. The number of hydrogen-bond donors (Lipinski definition) is 1. The van der Waals surface area contributed by atoms with Gasteiger partial charge in [0.2, 0.25) is 5.89 Å². The Morgan fingerprint density at radius 2 is 2.19 bits per heavy atom. The van der Waals surface area contributed by atoms with Gasteiger partial charge in [-0.1, -0.05) is 12.1 Å². The van der Waals surface area contributed by atoms with Crippen molar-refractivity contribution in [2.24, 2.45) is 0 Å². The number of nitrogens with one attached hydrogen (secondary N) is 1. The largest absolute Gasteiger partial charge is 0.491 e. The van der Waals surface area contributed by atoms with E-state index in [-0.39, 0.29) is 18.1 Å². The fourth-order valence-corrected chi connectivity index (χ4v) is 2.98. The van der Waals surface area contributed by atoms with Crippen molar-refractivity contribution in [3.63, 3.8) is 0 Å². The number of aromatic nitrogens is 2. The molecule has 26 heavy (non-hydrogen) atoms. The van der Waals surface area contributed by atoms with E-state index in [2.05, 4.69) is 22.4 Å². The number of anilines is 1. The minimum absolute atomic E-state index is 0.0991. The monoisotopic (exact) mass is 358 g/mol. The van der Waals surface area contributed by atoms with Crippen molar-refractivity contribution in [2.45, 2.75) is 52.1 Å². The van der Waals surface area contributed by atoms with Crippen LogP contribution in [0, 0.1) is 6.92 Å². The van der Waals surface area contributed by atoms with E-state index < -0.39 is 0 Å². The molecule has 1 saturated heterocycles. The maximum Gasteiger partial charge on any atom is 0.321 e. The van der Waals surface area contributed by atoms with Gasteiger partial charge in [0.1, 0.15) is 5.75 Å². The van der Waals surface area contributed by atoms with E-state index in [0.717, 1.165) is 37.2 Å². The molecule has 0 radical (unpaired) electrons. The van der Waals surface area contributed by atoms with Crippen LogP contribution in [0.15, 0.2) is 28.8 Å². The summed E-state index contributed by atoms with van der Waals surface area (Å²) in [6.45, 7) is 7.23. The SMILES string of the molecule is CC[C@@H](C)Oc1ccc(NC(=O)N2CCC[C@@H](c3nc(C)no3)C2)cc1. The molecule has 7 heteroatoms. The Balaban J connectivity index is 1.57. The summed E-state index contributed by atoms with van der Waals surface area (Å²) >= 11 is 0. The fraction of sp³-hybridized carbons (Fsp3) is 0.526. The summed E-state index contributed by atoms with van der Waals surface area (Å²) in [6.07, 6.45) is 3.00. The third-order valence-corrected chi connectivity index (χ3v) is 4.62. The molecule has 0 spiro atoms. The molecule has 2 heterocycles. The third-order valence-electron chi connectivity index (χ3n) is 4.62. The number of urea groups is 1. The van der Waals surface area contributed by atoms with Gasteiger partial charge >= 0.3 is 6.03 Å². The van der Waals surface area contributed by atoms with Gasteiger partial charge in [0.25, 0.3) is 0 Å². The highest BCUT2D eigenvalue weighted by molar-refractivity contribution is 5.89. The molecule has 2 aromatic rings. The second-order valence-electron chi connectivity index (χ2n) is 6.76. The van der Waals surface area contributed by atoms with Crippen LogP contribution in [0.25, 0.3) is 0 Å². The predicted molar refractivity (Wildman–Crippen MR) is 98.4 cm³/mol. The number of rotatable bonds is 5. The molecule has 1 N–H and O–H groups in total. The number of carbonyl (C=O) groups is 1. The van der Waals surface area contributed by atoms with Gasteiger partial charge in [0, 0.05) is 18.8 Å². The lowest BCUT2D eigenvalue weighted by Crippen LogP contribution is -2.41. The quantitative estimate of drug-likeness (QED) is 0.875. The van der Waals surface area contributed by atoms with Crippen molar-refractivity contribution in [1.82, 2.24) is 15.0 Å². The number of piperidine rings is 1. The van der Waals surface area contributed by atoms with Crippen molar-refractivity contribution >= 4 is 11.7 Å². The maximum atomic E-state index is 12.6. The van der Waals surface area contributed by atoms with E-state index >= 15 is 0 Å². The van der Waals surface area contributed by atoms with Gasteiger partial charge in [-0.25, -0.2) is 4.79 Å². The first-order valence-electron chi connectivity index (χ1n) is 9.18. The second-order valence-corrected chi connectivity index (χ2v) is 6.76. The average Bonchev–Trinajstić information content (AvgIpc) is 3.10. The van der Waals surface area contributed by atoms with Crippen LogP contribution in [0.2, 0.25) is 0 Å². The normalized spacial score (nSPS) is 18.4. The van der Waals surface area contributed by atoms with Crippen LogP contribution in [0.4, 0.5) is 10.5 Å². The summed E-state index contributed by atoms with van der Waals surface area (Å²) < 4.78 is 11.0. The minimum Gasteiger partial charge on any atom is -0.491 e. The maximum absolute atomic E-state index is 12.6. The van der Waals surface area contributed by atoms with Gasteiger partial charge in [-0.15, -0.1) is 0 Å². The van der Waals surface area contributed by atoms with Gasteiger partial charge in [0.05, 0.1) is 12.0 Å². The number of likely N-dealkylation sites (tertiary alicyclic amines) is 1. The van der Waals surface area contributed by atoms with Crippen LogP contribution in [0.3, 0.4) is 0 Å². The molecule has 2 atom stereocenters. The molecule has 0 saturated carbocycles. The van der Waals surface area contributed by atoms with Crippen LogP contribution >= 0.6 is 0 Å². The summed E-state index contributed by atoms with van der Waals surface area (Å²) in [5, 5.41) is 6.80. The molecule has 1 aromatic carbocycles. The van der Waals surface area contributed by atoms with Gasteiger partial charge in [-0.3, -0.25) is 0 Å². The second kappa shape index (κ2) is 8.21. The highest BCUT2D eigenvalue weighted by Gasteiger charge is 2.28. The summed E-state index contributed by atoms with van der Waals surface area (Å²) in [6, 6.07) is 7.36. The Morgan fingerprint density at radius 1 is 1.42 bits per heavy atom. The molecule has 0 unspecified atom stereocenters. The zero-order valence-corrected chi connectivity index (χ0v) is 15.6. The van der Waals surface area contributed by atoms with Crippen molar-refractivity contribution in [2.75, 3.05) is 18.4 Å². The van der Waals surface area contributed by atoms with Crippen molar-refractivity contribution in [1.29, 1.82) is 0 Å². The first-order valence-corrected chi connectivity index (χ1v) is 9.18. The zero-order valence-electron chi connectivity index (χ0n) is 15.6. The molecule has 1 aromatic heterocycles. The van der Waals surface area contributed by atoms with Gasteiger partial charge in [0.15, 0.2) is 5.82 Å². The standard InChI is InChI=1S/C19H26N4O3/c1-4-13(2)25-17-9-7-16(8-10-17)21-19(24)23-11-5-6-15(12-23)18-20-14(3)22-26-18/h7-10,13,15H,4-6,11-12H2,1-3H3,(H,21,24)/t13-,15-/m1/s1. The summed E-state index contributed by atoms with van der Waals surface area (Å²) in [5.41, 5.74) is 0.752. The molecule has 0 aliphatic carbocycles. The van der Waals surface area contributed by atoms with E-state index in [9.17, 15) is 4.79 Å². The Kier molecular flexibility index (Phi) is 5.75. The molecule has 1 fully saturated rings. The molecule has 2 amide bonds. The molecule has 7 nitrogen and oxygen atoms in total. The summed E-state index contributed by atoms with van der Waals surface area (Å²) in [7, 11) is 0. The predicted octanol–water partition coefficient (Wildman–Crippen LogP) is 3.97. The first-order chi connectivity index (χ1) is 12.5. The van der Waals surface area contributed by atoms with Gasteiger partial charge < -0.3 is 19.5 Å². The number of benzene rings is 1. The molecule has 3 rings (SSSR count). The fourth-order valence-electron chi connectivity index (χ4n) is 2.98. The topological polar surface area (TPSA) is 80.5 Å². The van der Waals surface area contributed by atoms with Crippen LogP contribution < -0.4 is 10.1 Å². The number of amides is 2. The van der Waals surface area contributed by atoms with E-state index in [1.165, 1.54) is 0 Å². The lowest BCUT2D eigenvalue weighted by Gasteiger charge is -2.31. The lowest BCUT2D eigenvalue weighted by atomic mass is 9.98. The average molecular weight is 358 g/mol. The Labute approximate surface area is 153 Å². The summed E-state index contributed by atoms with van der Waals surface area (Å²) in [4.78, 5) is 18.7. The zero-order chi connectivity index (χ0) is 18.5. The van der Waals surface area contributed by atoms with E-state index in [4.69, 9.17) is 9.26 Å². The Bertz CT molecular complexity index is 729. The molecule has 1 aliphatic rings. The Hall–Kier alpha value is -2.57. The Morgan fingerprint density at radius 3 is 2.85 bits per heavy atom. The molecule has 140 valence electrons. The number of nitrogens with zero attached hydrogens (tertiary/aromatic N) is 3. The minimum atomic E-state index is -0.110.